The zero-order chi connectivity index (χ0) is 13.5. The largest absolute Gasteiger partial charge is 0.449 e. The number of oxime groups is 1. The molecule has 4 N–H and O–H groups in total. The van der Waals surface area contributed by atoms with E-state index >= 15 is 0 Å². The highest BCUT2D eigenvalue weighted by molar-refractivity contribution is 6.31. The number of anilines is 1. The molecule has 0 spiro atoms. The Labute approximate surface area is 109 Å². The average Bonchev–Trinajstić information content (AvgIpc) is 2.35. The van der Waals surface area contributed by atoms with Crippen molar-refractivity contribution in [3.63, 3.8) is 0 Å². The maximum absolute atomic E-state index is 11.4. The number of hydrogen-bond donors (Lipinski definition) is 3. The molecule has 0 saturated heterocycles. The summed E-state index contributed by atoms with van der Waals surface area (Å²) in [6.45, 7) is 2.19. The van der Waals surface area contributed by atoms with E-state index in [9.17, 15) is 4.79 Å². The van der Waals surface area contributed by atoms with Crippen LogP contribution in [0.25, 0.3) is 0 Å². The summed E-state index contributed by atoms with van der Waals surface area (Å²) in [6.07, 6.45) is 0.0990. The van der Waals surface area contributed by atoms with E-state index in [1.165, 1.54) is 12.1 Å². The van der Waals surface area contributed by atoms with Crippen LogP contribution in [-0.2, 0) is 4.74 Å². The highest BCUT2D eigenvalue weighted by Gasteiger charge is 2.11. The first kappa shape index (κ1) is 14.1. The first-order chi connectivity index (χ1) is 8.58. The SMILES string of the molecule is CCCOC(=O)Nc1cc(Cl)ccc1/C(N)=N/O. The molecular formula is C11H14ClN3O3. The van der Waals surface area contributed by atoms with E-state index < -0.39 is 6.09 Å². The Balaban J connectivity index is 2.92. The number of amidine groups is 1. The van der Waals surface area contributed by atoms with Gasteiger partial charge in [-0.2, -0.15) is 0 Å². The molecule has 0 unspecified atom stereocenters. The fourth-order valence-electron chi connectivity index (χ4n) is 1.24. The van der Waals surface area contributed by atoms with E-state index in [4.69, 9.17) is 27.3 Å². The first-order valence-electron chi connectivity index (χ1n) is 5.29. The number of nitrogens with two attached hydrogens (primary N) is 1. The molecular weight excluding hydrogens is 258 g/mol. The summed E-state index contributed by atoms with van der Waals surface area (Å²) in [5.41, 5.74) is 6.16. The molecule has 0 aliphatic carbocycles. The minimum absolute atomic E-state index is 0.127. The van der Waals surface area contributed by atoms with Gasteiger partial charge in [0, 0.05) is 10.6 Å². The maximum Gasteiger partial charge on any atom is 0.411 e. The summed E-state index contributed by atoms with van der Waals surface area (Å²) in [5.74, 6) is -0.127. The van der Waals surface area contributed by atoms with Crippen LogP contribution < -0.4 is 11.1 Å². The van der Waals surface area contributed by atoms with Crippen molar-refractivity contribution >= 4 is 29.2 Å². The van der Waals surface area contributed by atoms with Gasteiger partial charge in [-0.05, 0) is 24.6 Å². The third-order valence-corrected chi connectivity index (χ3v) is 2.27. The fourth-order valence-corrected chi connectivity index (χ4v) is 1.41. The molecule has 0 fully saturated rings. The van der Waals surface area contributed by atoms with Gasteiger partial charge in [0.1, 0.15) is 0 Å². The molecule has 98 valence electrons. The van der Waals surface area contributed by atoms with E-state index in [2.05, 4.69) is 10.5 Å². The van der Waals surface area contributed by atoms with Crippen LogP contribution in [0.2, 0.25) is 5.02 Å². The molecule has 1 amide bonds. The van der Waals surface area contributed by atoms with Crippen molar-refractivity contribution in [1.82, 2.24) is 0 Å². The van der Waals surface area contributed by atoms with Crippen molar-refractivity contribution in [3.05, 3.63) is 28.8 Å². The van der Waals surface area contributed by atoms with Gasteiger partial charge < -0.3 is 15.7 Å². The minimum Gasteiger partial charge on any atom is -0.449 e. The number of nitrogens with zero attached hydrogens (tertiary/aromatic N) is 1. The standard InChI is InChI=1S/C11H14ClN3O3/c1-2-5-18-11(16)14-9-6-7(12)3-4-8(9)10(13)15-17/h3-4,6,17H,2,5H2,1H3,(H2,13,15)(H,14,16). The normalized spacial score (nSPS) is 11.1. The number of ether oxygens (including phenoxy) is 1. The molecule has 0 saturated carbocycles. The molecule has 18 heavy (non-hydrogen) atoms. The van der Waals surface area contributed by atoms with Crippen LogP contribution in [0.3, 0.4) is 0 Å². The van der Waals surface area contributed by atoms with Gasteiger partial charge in [-0.3, -0.25) is 5.32 Å². The van der Waals surface area contributed by atoms with E-state index in [0.717, 1.165) is 6.42 Å². The van der Waals surface area contributed by atoms with Gasteiger partial charge in [-0.25, -0.2) is 4.79 Å². The van der Waals surface area contributed by atoms with Crippen molar-refractivity contribution in [2.24, 2.45) is 10.9 Å². The molecule has 7 heteroatoms. The van der Waals surface area contributed by atoms with Crippen LogP contribution in [0.4, 0.5) is 10.5 Å². The lowest BCUT2D eigenvalue weighted by Gasteiger charge is -2.10. The second-order valence-electron chi connectivity index (χ2n) is 3.44. The number of benzene rings is 1. The van der Waals surface area contributed by atoms with Crippen LogP contribution in [0.1, 0.15) is 18.9 Å². The summed E-state index contributed by atoms with van der Waals surface area (Å²) in [7, 11) is 0. The third kappa shape index (κ3) is 3.81. The minimum atomic E-state index is -0.619. The van der Waals surface area contributed by atoms with Crippen LogP contribution in [0, 0.1) is 0 Å². The first-order valence-corrected chi connectivity index (χ1v) is 5.67. The lowest BCUT2D eigenvalue weighted by molar-refractivity contribution is 0.161. The number of rotatable bonds is 4. The lowest BCUT2D eigenvalue weighted by atomic mass is 10.1. The van der Waals surface area contributed by atoms with Gasteiger partial charge in [-0.1, -0.05) is 23.7 Å². The number of nitrogens with one attached hydrogen (secondary N) is 1. The van der Waals surface area contributed by atoms with Crippen LogP contribution in [0.5, 0.6) is 0 Å². The molecule has 0 bridgehead atoms. The van der Waals surface area contributed by atoms with Crippen molar-refractivity contribution in [2.75, 3.05) is 11.9 Å². The summed E-state index contributed by atoms with van der Waals surface area (Å²) in [5, 5.41) is 14.4. The molecule has 6 nitrogen and oxygen atoms in total. The van der Waals surface area contributed by atoms with Gasteiger partial charge in [-0.15, -0.1) is 0 Å². The van der Waals surface area contributed by atoms with E-state index in [-0.39, 0.29) is 5.84 Å². The topological polar surface area (TPSA) is 96.9 Å². The van der Waals surface area contributed by atoms with Gasteiger partial charge in [0.2, 0.25) is 0 Å². The molecule has 1 aromatic carbocycles. The Hall–Kier alpha value is -1.95. The second kappa shape index (κ2) is 6.70. The number of amides is 1. The Morgan fingerprint density at radius 3 is 2.94 bits per heavy atom. The summed E-state index contributed by atoms with van der Waals surface area (Å²) in [4.78, 5) is 11.4. The zero-order valence-electron chi connectivity index (χ0n) is 9.81. The van der Waals surface area contributed by atoms with Gasteiger partial charge in [0.25, 0.3) is 0 Å². The summed E-state index contributed by atoms with van der Waals surface area (Å²) >= 11 is 5.82. The molecule has 1 rings (SSSR count). The Morgan fingerprint density at radius 1 is 1.61 bits per heavy atom. The zero-order valence-corrected chi connectivity index (χ0v) is 10.6. The van der Waals surface area contributed by atoms with Crippen molar-refractivity contribution < 1.29 is 14.7 Å². The van der Waals surface area contributed by atoms with Crippen molar-refractivity contribution in [1.29, 1.82) is 0 Å². The van der Waals surface area contributed by atoms with Crippen molar-refractivity contribution in [2.45, 2.75) is 13.3 Å². The quantitative estimate of drug-likeness (QED) is 0.339. The average molecular weight is 272 g/mol. The fraction of sp³-hybridized carbons (Fsp3) is 0.273. The van der Waals surface area contributed by atoms with Gasteiger partial charge >= 0.3 is 6.09 Å². The second-order valence-corrected chi connectivity index (χ2v) is 3.87. The predicted molar refractivity (Wildman–Crippen MR) is 69.2 cm³/mol. The van der Waals surface area contributed by atoms with E-state index in [0.29, 0.717) is 22.9 Å². The molecule has 0 heterocycles. The van der Waals surface area contributed by atoms with Crippen LogP contribution in [-0.4, -0.2) is 23.7 Å². The number of hydrogen-bond acceptors (Lipinski definition) is 4. The summed E-state index contributed by atoms with van der Waals surface area (Å²) in [6, 6.07) is 4.59. The monoisotopic (exact) mass is 271 g/mol. The van der Waals surface area contributed by atoms with Crippen molar-refractivity contribution in [3.8, 4) is 0 Å². The Kier molecular flexibility index (Phi) is 5.26. The molecule has 0 radical (unpaired) electrons. The number of carbonyl (C=O) groups is 1. The number of carbonyl (C=O) groups excluding carboxylic acids is 1. The highest BCUT2D eigenvalue weighted by Crippen LogP contribution is 2.21. The smallest absolute Gasteiger partial charge is 0.411 e. The van der Waals surface area contributed by atoms with E-state index in [1.807, 2.05) is 6.92 Å². The van der Waals surface area contributed by atoms with Crippen LogP contribution in [0.15, 0.2) is 23.4 Å². The number of halogens is 1. The highest BCUT2D eigenvalue weighted by atomic mass is 35.5. The summed E-state index contributed by atoms with van der Waals surface area (Å²) < 4.78 is 4.87. The molecule has 0 atom stereocenters. The Bertz CT molecular complexity index is 463. The lowest BCUT2D eigenvalue weighted by Crippen LogP contribution is -2.20. The molecule has 0 aliphatic rings. The molecule has 1 aromatic rings. The van der Waals surface area contributed by atoms with Crippen LogP contribution >= 0.6 is 11.6 Å². The molecule has 0 aromatic heterocycles. The Morgan fingerprint density at radius 2 is 2.33 bits per heavy atom. The van der Waals surface area contributed by atoms with Gasteiger partial charge in [0.15, 0.2) is 5.84 Å². The third-order valence-electron chi connectivity index (χ3n) is 2.04. The maximum atomic E-state index is 11.4. The van der Waals surface area contributed by atoms with Gasteiger partial charge in [0.05, 0.1) is 12.3 Å². The van der Waals surface area contributed by atoms with E-state index in [1.54, 1.807) is 6.07 Å². The predicted octanol–water partition coefficient (Wildman–Crippen LogP) is 2.39. The molecule has 0 aliphatic heterocycles.